The van der Waals surface area contributed by atoms with E-state index in [0.717, 1.165) is 0 Å². The molecule has 1 aromatic carbocycles. The number of nitrogens with zero attached hydrogens (tertiary/aromatic N) is 2. The van der Waals surface area contributed by atoms with Gasteiger partial charge < -0.3 is 14.9 Å². The van der Waals surface area contributed by atoms with E-state index < -0.39 is 11.0 Å². The van der Waals surface area contributed by atoms with Gasteiger partial charge in [0.1, 0.15) is 17.3 Å². The number of carbonyl (C=O) groups excluding carboxylic acids is 1. The van der Waals surface area contributed by atoms with Crippen LogP contribution in [0.25, 0.3) is 11.3 Å². The summed E-state index contributed by atoms with van der Waals surface area (Å²) in [6.45, 7) is 0. The second-order valence-corrected chi connectivity index (χ2v) is 4.08. The van der Waals surface area contributed by atoms with E-state index in [9.17, 15) is 14.9 Å². The predicted molar refractivity (Wildman–Crippen MR) is 77.7 cm³/mol. The van der Waals surface area contributed by atoms with Crippen molar-refractivity contribution in [1.29, 1.82) is 0 Å². The van der Waals surface area contributed by atoms with Crippen LogP contribution < -0.4 is 15.9 Å². The third-order valence-corrected chi connectivity index (χ3v) is 2.65. The van der Waals surface area contributed by atoms with Gasteiger partial charge in [-0.25, -0.2) is 10.2 Å². The van der Waals surface area contributed by atoms with E-state index in [1.807, 2.05) is 5.43 Å². The topological polar surface area (TPSA) is 133 Å². The average Bonchev–Trinajstić information content (AvgIpc) is 2.94. The molecule has 0 saturated heterocycles. The van der Waals surface area contributed by atoms with Gasteiger partial charge in [-0.05, 0) is 18.2 Å². The molecule has 0 unspecified atom stereocenters. The number of hydrogen-bond acceptors (Lipinski definition) is 6. The maximum Gasteiger partial charge on any atom is 0.332 e. The number of furan rings is 1. The lowest BCUT2D eigenvalue weighted by Gasteiger charge is -2.05. The Kier molecular flexibility index (Phi) is 4.37. The highest BCUT2D eigenvalue weighted by molar-refractivity contribution is 5.80. The summed E-state index contributed by atoms with van der Waals surface area (Å²) < 4.78 is 10.7. The van der Waals surface area contributed by atoms with Crippen molar-refractivity contribution in [1.82, 2.24) is 5.43 Å². The number of non-ortho nitro benzene ring substituents is 1. The number of ether oxygens (including phenoxy) is 1. The fourth-order valence-electron chi connectivity index (χ4n) is 1.73. The van der Waals surface area contributed by atoms with Crippen molar-refractivity contribution in [3.8, 4) is 17.1 Å². The van der Waals surface area contributed by atoms with Gasteiger partial charge in [-0.2, -0.15) is 5.10 Å². The summed E-state index contributed by atoms with van der Waals surface area (Å²) in [6.07, 6.45) is 1.25. The first-order chi connectivity index (χ1) is 10.5. The van der Waals surface area contributed by atoms with Crippen molar-refractivity contribution >= 4 is 17.9 Å². The number of amides is 2. The molecule has 2 aromatic rings. The first-order valence-corrected chi connectivity index (χ1v) is 6.02. The van der Waals surface area contributed by atoms with Crippen LogP contribution in [0, 0.1) is 10.1 Å². The molecule has 0 saturated carbocycles. The van der Waals surface area contributed by atoms with Crippen molar-refractivity contribution in [2.75, 3.05) is 7.11 Å². The molecule has 0 fully saturated rings. The number of urea groups is 1. The van der Waals surface area contributed by atoms with E-state index in [2.05, 4.69) is 5.10 Å². The first-order valence-electron chi connectivity index (χ1n) is 6.02. The number of hydrazone groups is 1. The molecule has 0 atom stereocenters. The molecular formula is C13H12N4O5. The Morgan fingerprint density at radius 1 is 1.45 bits per heavy atom. The van der Waals surface area contributed by atoms with E-state index in [1.165, 1.54) is 31.5 Å². The van der Waals surface area contributed by atoms with Crippen molar-refractivity contribution in [2.24, 2.45) is 10.8 Å². The zero-order valence-electron chi connectivity index (χ0n) is 11.5. The van der Waals surface area contributed by atoms with Crippen LogP contribution in [0.2, 0.25) is 0 Å². The van der Waals surface area contributed by atoms with E-state index in [1.54, 1.807) is 12.1 Å². The van der Waals surface area contributed by atoms with Crippen LogP contribution in [0.4, 0.5) is 10.5 Å². The number of nitro groups is 1. The van der Waals surface area contributed by atoms with Gasteiger partial charge in [0.15, 0.2) is 0 Å². The fourth-order valence-corrected chi connectivity index (χ4v) is 1.73. The van der Waals surface area contributed by atoms with Crippen LogP contribution in [-0.2, 0) is 0 Å². The van der Waals surface area contributed by atoms with Gasteiger partial charge in [0.2, 0.25) is 0 Å². The van der Waals surface area contributed by atoms with Crippen LogP contribution in [0.5, 0.6) is 5.75 Å². The Morgan fingerprint density at radius 3 is 2.86 bits per heavy atom. The summed E-state index contributed by atoms with van der Waals surface area (Å²) >= 11 is 0. The number of methoxy groups -OCH3 is 1. The molecule has 0 spiro atoms. The Bertz CT molecular complexity index is 738. The van der Waals surface area contributed by atoms with Gasteiger partial charge in [-0.3, -0.25) is 10.1 Å². The summed E-state index contributed by atoms with van der Waals surface area (Å²) in [6, 6.07) is 6.55. The summed E-state index contributed by atoms with van der Waals surface area (Å²) in [5.41, 5.74) is 7.23. The molecule has 9 nitrogen and oxygen atoms in total. The lowest BCUT2D eigenvalue weighted by atomic mass is 10.1. The van der Waals surface area contributed by atoms with Gasteiger partial charge in [-0.15, -0.1) is 0 Å². The highest BCUT2D eigenvalue weighted by Crippen LogP contribution is 2.34. The number of carbonyl (C=O) groups is 1. The second kappa shape index (κ2) is 6.39. The number of primary amides is 1. The standard InChI is InChI=1S/C13H12N4O5/c1-21-11-4-2-8(17(19)20)6-10(11)12-5-3-9(22-12)7-15-16-13(14)18/h2-7H,1H3,(H3,14,16,18). The summed E-state index contributed by atoms with van der Waals surface area (Å²) in [4.78, 5) is 20.8. The monoisotopic (exact) mass is 304 g/mol. The molecule has 0 radical (unpaired) electrons. The van der Waals surface area contributed by atoms with E-state index in [0.29, 0.717) is 22.8 Å². The highest BCUT2D eigenvalue weighted by atomic mass is 16.6. The molecule has 0 aliphatic carbocycles. The normalized spacial score (nSPS) is 10.6. The molecule has 0 aliphatic rings. The highest BCUT2D eigenvalue weighted by Gasteiger charge is 2.15. The molecule has 9 heteroatoms. The van der Waals surface area contributed by atoms with Crippen molar-refractivity contribution in [2.45, 2.75) is 0 Å². The van der Waals surface area contributed by atoms with Crippen LogP contribution in [0.15, 0.2) is 39.9 Å². The minimum Gasteiger partial charge on any atom is -0.496 e. The molecule has 114 valence electrons. The van der Waals surface area contributed by atoms with Crippen LogP contribution >= 0.6 is 0 Å². The Morgan fingerprint density at radius 2 is 2.23 bits per heavy atom. The molecule has 0 bridgehead atoms. The number of nitrogens with two attached hydrogens (primary N) is 1. The van der Waals surface area contributed by atoms with Gasteiger partial charge in [0, 0.05) is 12.1 Å². The lowest BCUT2D eigenvalue weighted by molar-refractivity contribution is -0.384. The quantitative estimate of drug-likeness (QED) is 0.494. The molecule has 3 N–H and O–H groups in total. The largest absolute Gasteiger partial charge is 0.496 e. The maximum atomic E-state index is 10.9. The van der Waals surface area contributed by atoms with Crippen LogP contribution in [-0.4, -0.2) is 24.3 Å². The molecule has 0 aliphatic heterocycles. The minimum absolute atomic E-state index is 0.0854. The third-order valence-electron chi connectivity index (χ3n) is 2.65. The summed E-state index contributed by atoms with van der Waals surface area (Å²) in [7, 11) is 1.45. The van der Waals surface area contributed by atoms with Gasteiger partial charge >= 0.3 is 6.03 Å². The fraction of sp³-hybridized carbons (Fsp3) is 0.0769. The number of nitrogens with one attached hydrogen (secondary N) is 1. The predicted octanol–water partition coefficient (Wildman–Crippen LogP) is 1.87. The summed E-state index contributed by atoms with van der Waals surface area (Å²) in [5, 5.41) is 14.4. The Balaban J connectivity index is 2.33. The van der Waals surface area contributed by atoms with Gasteiger partial charge in [-0.1, -0.05) is 0 Å². The number of benzene rings is 1. The molecule has 22 heavy (non-hydrogen) atoms. The SMILES string of the molecule is COc1ccc([N+](=O)[O-])cc1-c1ccc(C=NNC(N)=O)o1. The Labute approximate surface area is 124 Å². The van der Waals surface area contributed by atoms with Crippen molar-refractivity contribution < 1.29 is 18.9 Å². The van der Waals surface area contributed by atoms with Crippen LogP contribution in [0.3, 0.4) is 0 Å². The van der Waals surface area contributed by atoms with E-state index in [-0.39, 0.29) is 5.69 Å². The first kappa shape index (κ1) is 15.0. The van der Waals surface area contributed by atoms with Crippen molar-refractivity contribution in [3.05, 3.63) is 46.2 Å². The van der Waals surface area contributed by atoms with Crippen molar-refractivity contribution in [3.63, 3.8) is 0 Å². The average molecular weight is 304 g/mol. The van der Waals surface area contributed by atoms with Gasteiger partial charge in [0.25, 0.3) is 5.69 Å². The molecule has 2 rings (SSSR count). The molecular weight excluding hydrogens is 292 g/mol. The zero-order valence-corrected chi connectivity index (χ0v) is 11.5. The number of hydrogen-bond donors (Lipinski definition) is 2. The van der Waals surface area contributed by atoms with Crippen LogP contribution in [0.1, 0.15) is 5.76 Å². The van der Waals surface area contributed by atoms with E-state index in [4.69, 9.17) is 14.9 Å². The molecule has 1 aromatic heterocycles. The van der Waals surface area contributed by atoms with E-state index >= 15 is 0 Å². The van der Waals surface area contributed by atoms with Gasteiger partial charge in [0.05, 0.1) is 23.8 Å². The molecule has 1 heterocycles. The smallest absolute Gasteiger partial charge is 0.332 e. The maximum absolute atomic E-state index is 10.9. The summed E-state index contributed by atoms with van der Waals surface area (Å²) in [5.74, 6) is 1.12. The minimum atomic E-state index is -0.802. The number of nitro benzene ring substituents is 1. The zero-order chi connectivity index (χ0) is 16.1. The third kappa shape index (κ3) is 3.39. The lowest BCUT2D eigenvalue weighted by Crippen LogP contribution is -2.24. The Hall–Kier alpha value is -3.36. The molecule has 2 amide bonds. The second-order valence-electron chi connectivity index (χ2n) is 4.08. The number of rotatable bonds is 5.